The minimum absolute atomic E-state index is 0.279. The second-order valence-electron chi connectivity index (χ2n) is 9.70. The van der Waals surface area contributed by atoms with E-state index >= 15 is 0 Å². The summed E-state index contributed by atoms with van der Waals surface area (Å²) in [5, 5.41) is 7.09. The maximum absolute atomic E-state index is 13.5. The van der Waals surface area contributed by atoms with Crippen LogP contribution < -0.4 is 15.4 Å². The number of sulfonamides is 1. The molecule has 1 heterocycles. The highest BCUT2D eigenvalue weighted by atomic mass is 32.2. The van der Waals surface area contributed by atoms with Gasteiger partial charge in [0.2, 0.25) is 27.7 Å². The zero-order chi connectivity index (χ0) is 28.0. The average molecular weight is 545 g/mol. The third-order valence-electron chi connectivity index (χ3n) is 6.27. The van der Waals surface area contributed by atoms with Gasteiger partial charge in [-0.05, 0) is 41.7 Å². The van der Waals surface area contributed by atoms with Crippen LogP contribution in [0.2, 0.25) is 0 Å². The monoisotopic (exact) mass is 544 g/mol. The average Bonchev–Trinajstić information content (AvgIpc) is 3.35. The maximum Gasteiger partial charge on any atom is 0.251 e. The first-order chi connectivity index (χ1) is 17.9. The summed E-state index contributed by atoms with van der Waals surface area (Å²) in [6, 6.07) is 9.80. The molecule has 3 N–H and O–H groups in total. The standard InChI is InChI=1S/C26H32N4O7S/c1-16(2)23(28-24(33)19-11-10-17-7-4-5-8-18(17)13-19)26(35)30-12-6-9-21(30)25(34)27-20(15-31)14-22(32)29-38(3,36)37/h4-5,7-8,10-11,13,15-16,20-21,23H,6,9,12,14H2,1-3H3,(H,27,34)(H,28,33)(H,29,32)/t20-,21-,23-/m0/s1. The van der Waals surface area contributed by atoms with Crippen molar-refractivity contribution in [2.75, 3.05) is 12.8 Å². The topological polar surface area (TPSA) is 159 Å². The molecular weight excluding hydrogens is 512 g/mol. The van der Waals surface area contributed by atoms with Gasteiger partial charge >= 0.3 is 0 Å². The van der Waals surface area contributed by atoms with Crippen molar-refractivity contribution in [2.45, 2.75) is 51.2 Å². The lowest BCUT2D eigenvalue weighted by atomic mass is 10.0. The van der Waals surface area contributed by atoms with Crippen molar-refractivity contribution in [3.63, 3.8) is 0 Å². The second-order valence-corrected chi connectivity index (χ2v) is 11.4. The third kappa shape index (κ3) is 7.37. The van der Waals surface area contributed by atoms with Gasteiger partial charge in [-0.3, -0.25) is 23.9 Å². The minimum atomic E-state index is -3.82. The van der Waals surface area contributed by atoms with Crippen LogP contribution in [-0.4, -0.2) is 74.2 Å². The Hall–Kier alpha value is -3.80. The van der Waals surface area contributed by atoms with E-state index in [0.717, 1.165) is 17.0 Å². The van der Waals surface area contributed by atoms with Crippen LogP contribution in [0.3, 0.4) is 0 Å². The van der Waals surface area contributed by atoms with Crippen molar-refractivity contribution >= 4 is 50.7 Å². The molecule has 0 saturated carbocycles. The normalized spacial score (nSPS) is 17.1. The van der Waals surface area contributed by atoms with E-state index in [0.29, 0.717) is 24.7 Å². The van der Waals surface area contributed by atoms with E-state index in [4.69, 9.17) is 0 Å². The Morgan fingerprint density at radius 2 is 1.74 bits per heavy atom. The van der Waals surface area contributed by atoms with E-state index in [2.05, 4.69) is 10.6 Å². The molecule has 12 heteroatoms. The van der Waals surface area contributed by atoms with Gasteiger partial charge in [-0.2, -0.15) is 0 Å². The molecule has 0 aromatic heterocycles. The molecule has 2 aromatic rings. The Labute approximate surface area is 221 Å². The molecule has 0 bridgehead atoms. The lowest BCUT2D eigenvalue weighted by molar-refractivity contribution is -0.141. The largest absolute Gasteiger partial charge is 0.344 e. The number of carbonyl (C=O) groups excluding carboxylic acids is 5. The number of nitrogens with one attached hydrogen (secondary N) is 3. The summed E-state index contributed by atoms with van der Waals surface area (Å²) in [6.45, 7) is 3.86. The third-order valence-corrected chi connectivity index (χ3v) is 6.86. The molecular formula is C26H32N4O7S. The van der Waals surface area contributed by atoms with Gasteiger partial charge in [0.1, 0.15) is 18.4 Å². The van der Waals surface area contributed by atoms with Crippen molar-refractivity contribution < 1.29 is 32.4 Å². The fraction of sp³-hybridized carbons (Fsp3) is 0.423. The summed E-state index contributed by atoms with van der Waals surface area (Å²) in [5.41, 5.74) is 0.402. The number of hydrogen-bond acceptors (Lipinski definition) is 7. The predicted octanol–water partition coefficient (Wildman–Crippen LogP) is 0.735. The van der Waals surface area contributed by atoms with E-state index < -0.39 is 58.2 Å². The first-order valence-corrected chi connectivity index (χ1v) is 14.1. The Kier molecular flexibility index (Phi) is 9.21. The lowest BCUT2D eigenvalue weighted by Crippen LogP contribution is -2.56. The van der Waals surface area contributed by atoms with Crippen LogP contribution in [-0.2, 0) is 29.2 Å². The number of fused-ring (bicyclic) bond motifs is 1. The van der Waals surface area contributed by atoms with E-state index in [9.17, 15) is 32.4 Å². The highest BCUT2D eigenvalue weighted by Crippen LogP contribution is 2.21. The number of aldehydes is 1. The van der Waals surface area contributed by atoms with Crippen molar-refractivity contribution in [3.8, 4) is 0 Å². The number of amides is 4. The van der Waals surface area contributed by atoms with Crippen LogP contribution in [0.25, 0.3) is 10.8 Å². The first kappa shape index (κ1) is 28.8. The summed E-state index contributed by atoms with van der Waals surface area (Å²) in [4.78, 5) is 64.2. The molecule has 1 aliphatic heterocycles. The van der Waals surface area contributed by atoms with Gasteiger partial charge in [0, 0.05) is 12.1 Å². The van der Waals surface area contributed by atoms with Gasteiger partial charge in [-0.1, -0.05) is 44.2 Å². The van der Waals surface area contributed by atoms with E-state index in [1.807, 2.05) is 30.3 Å². The molecule has 204 valence electrons. The number of hydrogen-bond donors (Lipinski definition) is 3. The molecule has 11 nitrogen and oxygen atoms in total. The van der Waals surface area contributed by atoms with Crippen LogP contribution in [0.1, 0.15) is 43.5 Å². The van der Waals surface area contributed by atoms with E-state index in [1.165, 1.54) is 4.90 Å². The zero-order valence-electron chi connectivity index (χ0n) is 21.5. The molecule has 0 spiro atoms. The zero-order valence-corrected chi connectivity index (χ0v) is 22.3. The summed E-state index contributed by atoms with van der Waals surface area (Å²) in [7, 11) is -3.82. The van der Waals surface area contributed by atoms with Crippen molar-refractivity contribution in [2.24, 2.45) is 5.92 Å². The molecule has 0 unspecified atom stereocenters. The Bertz CT molecular complexity index is 1340. The van der Waals surface area contributed by atoms with Gasteiger partial charge < -0.3 is 20.3 Å². The van der Waals surface area contributed by atoms with E-state index in [-0.39, 0.29) is 12.5 Å². The van der Waals surface area contributed by atoms with Gasteiger partial charge in [0.25, 0.3) is 5.91 Å². The Balaban J connectivity index is 1.69. The fourth-order valence-electron chi connectivity index (χ4n) is 4.41. The number of likely N-dealkylation sites (tertiary alicyclic amines) is 1. The van der Waals surface area contributed by atoms with Gasteiger partial charge in [0.05, 0.1) is 18.7 Å². The highest BCUT2D eigenvalue weighted by molar-refractivity contribution is 7.89. The van der Waals surface area contributed by atoms with E-state index in [1.54, 1.807) is 30.7 Å². The van der Waals surface area contributed by atoms with Gasteiger partial charge in [0.15, 0.2) is 0 Å². The smallest absolute Gasteiger partial charge is 0.251 e. The number of nitrogens with zero attached hydrogens (tertiary/aromatic N) is 1. The van der Waals surface area contributed by atoms with Crippen LogP contribution >= 0.6 is 0 Å². The molecule has 2 aromatic carbocycles. The fourth-order valence-corrected chi connectivity index (χ4v) is 4.91. The summed E-state index contributed by atoms with van der Waals surface area (Å²) >= 11 is 0. The van der Waals surface area contributed by atoms with Crippen molar-refractivity contribution in [1.82, 2.24) is 20.3 Å². The van der Waals surface area contributed by atoms with Crippen LogP contribution in [0, 0.1) is 5.92 Å². The first-order valence-electron chi connectivity index (χ1n) is 12.3. The molecule has 3 rings (SSSR count). The second kappa shape index (κ2) is 12.2. The molecule has 4 amide bonds. The van der Waals surface area contributed by atoms with Crippen LogP contribution in [0.4, 0.5) is 0 Å². The number of rotatable bonds is 10. The molecule has 1 saturated heterocycles. The Morgan fingerprint density at radius 1 is 1.05 bits per heavy atom. The molecule has 38 heavy (non-hydrogen) atoms. The number of benzene rings is 2. The molecule has 1 aliphatic rings. The summed E-state index contributed by atoms with van der Waals surface area (Å²) in [6.07, 6.45) is 1.43. The quantitative estimate of drug-likeness (QED) is 0.372. The van der Waals surface area contributed by atoms with Crippen LogP contribution in [0.5, 0.6) is 0 Å². The van der Waals surface area contributed by atoms with Gasteiger partial charge in [-0.15, -0.1) is 0 Å². The van der Waals surface area contributed by atoms with Crippen molar-refractivity contribution in [1.29, 1.82) is 0 Å². The van der Waals surface area contributed by atoms with Gasteiger partial charge in [-0.25, -0.2) is 8.42 Å². The molecule has 1 fully saturated rings. The maximum atomic E-state index is 13.5. The number of carbonyl (C=O) groups is 5. The Morgan fingerprint density at radius 3 is 2.37 bits per heavy atom. The highest BCUT2D eigenvalue weighted by Gasteiger charge is 2.39. The molecule has 0 aliphatic carbocycles. The minimum Gasteiger partial charge on any atom is -0.344 e. The molecule has 3 atom stereocenters. The summed E-state index contributed by atoms with van der Waals surface area (Å²) < 4.78 is 24.2. The lowest BCUT2D eigenvalue weighted by Gasteiger charge is -2.31. The van der Waals surface area contributed by atoms with Crippen LogP contribution in [0.15, 0.2) is 42.5 Å². The SMILES string of the molecule is CC(C)[C@H](NC(=O)c1ccc2ccccc2c1)C(=O)N1CCC[C@H]1C(=O)N[C@H](C=O)CC(=O)NS(C)(=O)=O. The molecule has 0 radical (unpaired) electrons. The predicted molar refractivity (Wildman–Crippen MR) is 140 cm³/mol. The van der Waals surface area contributed by atoms with Crippen molar-refractivity contribution in [3.05, 3.63) is 48.0 Å². The summed E-state index contributed by atoms with van der Waals surface area (Å²) in [5.74, 6) is -2.70.